The van der Waals surface area contributed by atoms with Crippen molar-refractivity contribution in [3.63, 3.8) is 0 Å². The molecule has 1 aliphatic carbocycles. The van der Waals surface area contributed by atoms with Crippen LogP contribution in [0.3, 0.4) is 0 Å². The minimum atomic E-state index is -0.527. The molecule has 0 radical (unpaired) electrons. The molecule has 1 aliphatic heterocycles. The number of nitrogens with one attached hydrogen (secondary N) is 1. The molecule has 1 heterocycles. The molecule has 0 unspecified atom stereocenters. The minimum Gasteiger partial charge on any atom is -0.459 e. The largest absolute Gasteiger partial charge is 0.459 e. The number of aliphatic hydroxyl groups excluding tert-OH is 1. The number of allylic oxidation sites excluding steroid dienone is 1. The zero-order valence-corrected chi connectivity index (χ0v) is 16.4. The van der Waals surface area contributed by atoms with E-state index in [1.54, 1.807) is 0 Å². The van der Waals surface area contributed by atoms with Gasteiger partial charge in [0.25, 0.3) is 5.91 Å². The van der Waals surface area contributed by atoms with Gasteiger partial charge in [0.15, 0.2) is 5.76 Å². The maximum absolute atomic E-state index is 12.7. The van der Waals surface area contributed by atoms with Crippen LogP contribution < -0.4 is 5.32 Å². The molecule has 0 spiro atoms. The molecule has 2 aliphatic rings. The molecule has 150 valence electrons. The van der Waals surface area contributed by atoms with Crippen molar-refractivity contribution in [3.8, 4) is 12.3 Å². The van der Waals surface area contributed by atoms with Gasteiger partial charge in [-0.25, -0.2) is 0 Å². The summed E-state index contributed by atoms with van der Waals surface area (Å²) in [5, 5.41) is 12.3. The van der Waals surface area contributed by atoms with Crippen LogP contribution in [0.1, 0.15) is 49.7 Å². The average molecular weight is 383 g/mol. The van der Waals surface area contributed by atoms with Gasteiger partial charge in [-0.3, -0.25) is 4.79 Å². The van der Waals surface area contributed by atoms with Crippen LogP contribution in [-0.2, 0) is 14.3 Å². The van der Waals surface area contributed by atoms with Gasteiger partial charge < -0.3 is 19.9 Å². The van der Waals surface area contributed by atoms with Gasteiger partial charge in [0.05, 0.1) is 0 Å². The second kappa shape index (κ2) is 9.77. The maximum Gasteiger partial charge on any atom is 0.286 e. The van der Waals surface area contributed by atoms with Crippen molar-refractivity contribution in [2.24, 2.45) is 11.8 Å². The van der Waals surface area contributed by atoms with Gasteiger partial charge in [-0.05, 0) is 62.3 Å². The van der Waals surface area contributed by atoms with Crippen LogP contribution in [-0.4, -0.2) is 37.1 Å². The van der Waals surface area contributed by atoms with Crippen LogP contribution in [0.2, 0.25) is 0 Å². The van der Waals surface area contributed by atoms with Crippen LogP contribution in [0, 0.1) is 24.2 Å². The molecule has 1 aromatic rings. The van der Waals surface area contributed by atoms with E-state index >= 15 is 0 Å². The number of terminal acetylenes is 1. The molecule has 1 aromatic carbocycles. The highest BCUT2D eigenvalue weighted by molar-refractivity contribution is 5.91. The number of amides is 1. The molecule has 1 saturated carbocycles. The zero-order chi connectivity index (χ0) is 19.9. The molecule has 0 saturated heterocycles. The summed E-state index contributed by atoms with van der Waals surface area (Å²) < 4.78 is 11.8. The lowest BCUT2D eigenvalue weighted by molar-refractivity contribution is -0.166. The fraction of sp³-hybridized carbons (Fsp3) is 0.522. The Morgan fingerprint density at radius 2 is 2.11 bits per heavy atom. The number of hydrogen-bond donors (Lipinski definition) is 2. The number of benzene rings is 1. The topological polar surface area (TPSA) is 67.8 Å². The summed E-state index contributed by atoms with van der Waals surface area (Å²) in [5.74, 6) is 3.30. The van der Waals surface area contributed by atoms with Gasteiger partial charge >= 0.3 is 0 Å². The summed E-state index contributed by atoms with van der Waals surface area (Å²) >= 11 is 0. The van der Waals surface area contributed by atoms with Crippen molar-refractivity contribution in [1.29, 1.82) is 0 Å². The Labute approximate surface area is 167 Å². The Kier molecular flexibility index (Phi) is 7.13. The summed E-state index contributed by atoms with van der Waals surface area (Å²) in [6, 6.07) is 7.81. The summed E-state index contributed by atoms with van der Waals surface area (Å²) in [4.78, 5) is 12.7. The van der Waals surface area contributed by atoms with E-state index < -0.39 is 6.29 Å². The van der Waals surface area contributed by atoms with E-state index in [0.717, 1.165) is 17.5 Å². The van der Waals surface area contributed by atoms with Crippen LogP contribution in [0.5, 0.6) is 0 Å². The van der Waals surface area contributed by atoms with Crippen molar-refractivity contribution in [1.82, 2.24) is 5.32 Å². The summed E-state index contributed by atoms with van der Waals surface area (Å²) in [6.45, 7) is 3.19. The standard InChI is InChI=1S/C23H29NO4/c1-3-16-9-11-18(12-10-16)20-14-21(22(26)24-15-17-7-8-17)28-23(27-4-2)19(20)6-5-13-25/h1,9-12,14,17,19-20,23,25H,4-8,13,15H2,2H3,(H,24,26)/t19-,20+,23+/m1/s1. The summed E-state index contributed by atoms with van der Waals surface area (Å²) in [6.07, 6.45) is 10.6. The SMILES string of the molecule is C#Cc1ccc([C@@H]2C=C(C(=O)NCC3CC3)O[C@H](OCC)[C@@H]2CCCO)cc1. The van der Waals surface area contributed by atoms with Crippen LogP contribution in [0.15, 0.2) is 36.1 Å². The second-order valence-electron chi connectivity index (χ2n) is 7.45. The van der Waals surface area contributed by atoms with Crippen molar-refractivity contribution in [2.75, 3.05) is 19.8 Å². The van der Waals surface area contributed by atoms with Crippen LogP contribution in [0.25, 0.3) is 0 Å². The van der Waals surface area contributed by atoms with Crippen molar-refractivity contribution >= 4 is 5.91 Å². The van der Waals surface area contributed by atoms with Crippen LogP contribution in [0.4, 0.5) is 0 Å². The number of carbonyl (C=O) groups excluding carboxylic acids is 1. The quantitative estimate of drug-likeness (QED) is 0.644. The van der Waals surface area contributed by atoms with Crippen molar-refractivity contribution in [3.05, 3.63) is 47.2 Å². The van der Waals surface area contributed by atoms with E-state index in [1.165, 1.54) is 12.8 Å². The molecule has 5 nitrogen and oxygen atoms in total. The molecule has 5 heteroatoms. The Hall–Kier alpha value is -2.29. The van der Waals surface area contributed by atoms with E-state index in [0.29, 0.717) is 31.2 Å². The van der Waals surface area contributed by atoms with E-state index in [9.17, 15) is 9.90 Å². The van der Waals surface area contributed by atoms with Gasteiger partial charge in [0, 0.05) is 37.2 Å². The third-order valence-corrected chi connectivity index (χ3v) is 5.35. The molecular formula is C23H29NO4. The zero-order valence-electron chi connectivity index (χ0n) is 16.4. The van der Waals surface area contributed by atoms with E-state index in [-0.39, 0.29) is 24.3 Å². The molecule has 0 bridgehead atoms. The van der Waals surface area contributed by atoms with Gasteiger partial charge in [0.1, 0.15) is 0 Å². The first-order chi connectivity index (χ1) is 13.7. The number of carbonyl (C=O) groups is 1. The fourth-order valence-electron chi connectivity index (χ4n) is 3.59. The van der Waals surface area contributed by atoms with Gasteiger partial charge in [0.2, 0.25) is 6.29 Å². The van der Waals surface area contributed by atoms with E-state index in [2.05, 4.69) is 11.2 Å². The first kappa shape index (κ1) is 20.4. The molecule has 1 amide bonds. The third-order valence-electron chi connectivity index (χ3n) is 5.35. The van der Waals surface area contributed by atoms with E-state index in [4.69, 9.17) is 15.9 Å². The molecule has 0 aromatic heterocycles. The van der Waals surface area contributed by atoms with Gasteiger partial charge in [-0.15, -0.1) is 6.42 Å². The lowest BCUT2D eigenvalue weighted by atomic mass is 9.80. The fourth-order valence-corrected chi connectivity index (χ4v) is 3.59. The number of ether oxygens (including phenoxy) is 2. The maximum atomic E-state index is 12.7. The summed E-state index contributed by atoms with van der Waals surface area (Å²) in [7, 11) is 0. The molecular weight excluding hydrogens is 354 g/mol. The highest BCUT2D eigenvalue weighted by Crippen LogP contribution is 2.39. The lowest BCUT2D eigenvalue weighted by Crippen LogP contribution is -2.39. The Balaban J connectivity index is 1.87. The highest BCUT2D eigenvalue weighted by atomic mass is 16.7. The number of rotatable bonds is 9. The van der Waals surface area contributed by atoms with Crippen molar-refractivity contribution in [2.45, 2.75) is 44.8 Å². The normalized spacial score (nSPS) is 24.0. The Morgan fingerprint density at radius 3 is 2.71 bits per heavy atom. The Bertz CT molecular complexity index is 730. The smallest absolute Gasteiger partial charge is 0.286 e. The predicted molar refractivity (Wildman–Crippen MR) is 107 cm³/mol. The number of hydrogen-bond acceptors (Lipinski definition) is 4. The number of aliphatic hydroxyl groups is 1. The van der Waals surface area contributed by atoms with Gasteiger partial charge in [-0.2, -0.15) is 0 Å². The third kappa shape index (κ3) is 5.15. The summed E-state index contributed by atoms with van der Waals surface area (Å²) in [5.41, 5.74) is 1.87. The second-order valence-corrected chi connectivity index (χ2v) is 7.45. The van der Waals surface area contributed by atoms with E-state index in [1.807, 2.05) is 37.3 Å². The molecule has 28 heavy (non-hydrogen) atoms. The monoisotopic (exact) mass is 383 g/mol. The Morgan fingerprint density at radius 1 is 1.36 bits per heavy atom. The first-order valence-corrected chi connectivity index (χ1v) is 10.1. The molecule has 3 atom stereocenters. The molecule has 2 N–H and O–H groups in total. The van der Waals surface area contributed by atoms with Gasteiger partial charge in [-0.1, -0.05) is 18.1 Å². The highest BCUT2D eigenvalue weighted by Gasteiger charge is 2.38. The van der Waals surface area contributed by atoms with Crippen LogP contribution >= 0.6 is 0 Å². The predicted octanol–water partition coefficient (Wildman–Crippen LogP) is 2.94. The first-order valence-electron chi connectivity index (χ1n) is 10.1. The minimum absolute atomic E-state index is 0.00349. The molecule has 1 fully saturated rings. The average Bonchev–Trinajstić information content (AvgIpc) is 3.55. The molecule has 3 rings (SSSR count). The van der Waals surface area contributed by atoms with Crippen molar-refractivity contribution < 1.29 is 19.4 Å². The lowest BCUT2D eigenvalue weighted by Gasteiger charge is -2.37.